The van der Waals surface area contributed by atoms with Gasteiger partial charge in [-0.05, 0) is 19.1 Å². The maximum atomic E-state index is 12.2. The van der Waals surface area contributed by atoms with Crippen molar-refractivity contribution in [2.75, 3.05) is 7.11 Å². The Morgan fingerprint density at radius 1 is 1.33 bits per heavy atom. The van der Waals surface area contributed by atoms with E-state index >= 15 is 0 Å². The van der Waals surface area contributed by atoms with Gasteiger partial charge in [0.15, 0.2) is 0 Å². The van der Waals surface area contributed by atoms with Gasteiger partial charge in [0.1, 0.15) is 5.75 Å². The van der Waals surface area contributed by atoms with Crippen molar-refractivity contribution >= 4 is 5.91 Å². The van der Waals surface area contributed by atoms with E-state index in [9.17, 15) is 4.79 Å². The Morgan fingerprint density at radius 2 is 2.00 bits per heavy atom. The van der Waals surface area contributed by atoms with Gasteiger partial charge in [0.2, 0.25) is 0 Å². The molecule has 1 aromatic rings. The second-order valence-electron chi connectivity index (χ2n) is 5.65. The van der Waals surface area contributed by atoms with E-state index in [4.69, 9.17) is 10.00 Å². The summed E-state index contributed by atoms with van der Waals surface area (Å²) in [5.74, 6) is 0.380. The van der Waals surface area contributed by atoms with Gasteiger partial charge in [0, 0.05) is 28.3 Å². The molecule has 0 saturated carbocycles. The van der Waals surface area contributed by atoms with Crippen molar-refractivity contribution in [3.8, 4) is 11.8 Å². The van der Waals surface area contributed by atoms with Crippen molar-refractivity contribution < 1.29 is 9.53 Å². The second-order valence-corrected chi connectivity index (χ2v) is 5.65. The number of ether oxygens (including phenoxy) is 1. The van der Waals surface area contributed by atoms with E-state index in [1.165, 1.54) is 6.08 Å². The maximum absolute atomic E-state index is 12.2. The van der Waals surface area contributed by atoms with Gasteiger partial charge < -0.3 is 10.2 Å². The fourth-order valence-electron chi connectivity index (χ4n) is 1.78. The van der Waals surface area contributed by atoms with Gasteiger partial charge in [-0.15, -0.1) is 0 Å². The van der Waals surface area contributed by atoms with Crippen molar-refractivity contribution in [1.29, 1.82) is 5.26 Å². The van der Waals surface area contributed by atoms with Crippen LogP contribution in [0.3, 0.4) is 0 Å². The average molecular weight is 287 g/mol. The molecule has 112 valence electrons. The number of methoxy groups -OCH3 is 1. The predicted molar refractivity (Wildman–Crippen MR) is 81.5 cm³/mol. The first-order valence-corrected chi connectivity index (χ1v) is 6.61. The van der Waals surface area contributed by atoms with Crippen LogP contribution >= 0.6 is 0 Å². The molecule has 0 aliphatic heterocycles. The lowest BCUT2D eigenvalue weighted by Gasteiger charge is -2.24. The molecular weight excluding hydrogens is 266 g/mol. The highest BCUT2D eigenvalue weighted by molar-refractivity contribution is 5.96. The van der Waals surface area contributed by atoms with Gasteiger partial charge in [0.25, 0.3) is 5.91 Å². The van der Waals surface area contributed by atoms with Gasteiger partial charge in [-0.2, -0.15) is 5.26 Å². The first-order valence-electron chi connectivity index (χ1n) is 6.61. The van der Waals surface area contributed by atoms with Crippen LogP contribution in [-0.2, 0) is 0 Å². The maximum Gasteiger partial charge on any atom is 0.270 e. The van der Waals surface area contributed by atoms with Gasteiger partial charge in [-0.1, -0.05) is 26.8 Å². The average Bonchev–Trinajstić information content (AvgIpc) is 2.42. The fraction of sp³-hybridized carbons (Fsp3) is 0.375. The summed E-state index contributed by atoms with van der Waals surface area (Å²) in [5.41, 5.74) is 7.09. The summed E-state index contributed by atoms with van der Waals surface area (Å²) < 4.78 is 5.20. The lowest BCUT2D eigenvalue weighted by Crippen LogP contribution is -2.40. The zero-order chi connectivity index (χ0) is 16.0. The second kappa shape index (κ2) is 6.80. The van der Waals surface area contributed by atoms with Crippen LogP contribution in [0.25, 0.3) is 0 Å². The fourth-order valence-corrected chi connectivity index (χ4v) is 1.78. The molecule has 5 heteroatoms. The minimum absolute atomic E-state index is 0.271. The molecule has 0 unspecified atom stereocenters. The highest BCUT2D eigenvalue weighted by Gasteiger charge is 2.18. The van der Waals surface area contributed by atoms with Gasteiger partial charge >= 0.3 is 0 Å². The number of carbonyl (C=O) groups is 1. The summed E-state index contributed by atoms with van der Waals surface area (Å²) in [5, 5.41) is 8.80. The molecule has 0 atom stereocenters. The van der Waals surface area contributed by atoms with Gasteiger partial charge in [0.05, 0.1) is 13.2 Å². The highest BCUT2D eigenvalue weighted by Crippen LogP contribution is 2.23. The Balaban J connectivity index is 2.88. The molecule has 5 nitrogen and oxygen atoms in total. The molecule has 0 aliphatic rings. The molecule has 0 aliphatic carbocycles. The predicted octanol–water partition coefficient (Wildman–Crippen LogP) is 2.69. The minimum atomic E-state index is -0.278. The number of nitrogens with one attached hydrogen (secondary N) is 2. The SMILES string of the molecule is COc1cccc(C(=O)NN/C(=C\C#N)C(C)(C)C)c1C. The van der Waals surface area contributed by atoms with Crippen LogP contribution in [0.2, 0.25) is 0 Å². The summed E-state index contributed by atoms with van der Waals surface area (Å²) in [7, 11) is 1.57. The molecule has 0 aromatic heterocycles. The minimum Gasteiger partial charge on any atom is -0.496 e. The molecule has 0 fully saturated rings. The van der Waals surface area contributed by atoms with E-state index in [-0.39, 0.29) is 11.3 Å². The molecule has 0 bridgehead atoms. The van der Waals surface area contributed by atoms with E-state index in [0.717, 1.165) is 5.56 Å². The van der Waals surface area contributed by atoms with E-state index in [1.54, 1.807) is 25.3 Å². The summed E-state index contributed by atoms with van der Waals surface area (Å²) >= 11 is 0. The van der Waals surface area contributed by atoms with Gasteiger partial charge in [-0.3, -0.25) is 10.2 Å². The van der Waals surface area contributed by atoms with E-state index in [1.807, 2.05) is 33.8 Å². The molecule has 1 rings (SSSR count). The Labute approximate surface area is 125 Å². The van der Waals surface area contributed by atoms with Crippen LogP contribution in [0.15, 0.2) is 30.0 Å². The lowest BCUT2D eigenvalue weighted by molar-refractivity contribution is 0.0934. The third-order valence-corrected chi connectivity index (χ3v) is 3.08. The largest absolute Gasteiger partial charge is 0.496 e. The van der Waals surface area contributed by atoms with Crippen molar-refractivity contribution in [1.82, 2.24) is 10.9 Å². The molecule has 0 heterocycles. The number of carbonyl (C=O) groups excluding carboxylic acids is 1. The zero-order valence-corrected chi connectivity index (χ0v) is 13.1. The van der Waals surface area contributed by atoms with Crippen LogP contribution in [-0.4, -0.2) is 13.0 Å². The number of nitriles is 1. The molecule has 0 spiro atoms. The van der Waals surface area contributed by atoms with Crippen molar-refractivity contribution in [2.45, 2.75) is 27.7 Å². The number of nitrogens with zero attached hydrogens (tertiary/aromatic N) is 1. The normalized spacial score (nSPS) is 11.5. The van der Waals surface area contributed by atoms with E-state index in [2.05, 4.69) is 10.9 Å². The van der Waals surface area contributed by atoms with E-state index in [0.29, 0.717) is 17.0 Å². The molecule has 0 saturated heterocycles. The molecular formula is C16H21N3O2. The summed E-state index contributed by atoms with van der Waals surface area (Å²) in [6, 6.07) is 7.26. The van der Waals surface area contributed by atoms with Crippen molar-refractivity contribution in [2.24, 2.45) is 5.41 Å². The molecule has 2 N–H and O–H groups in total. The highest BCUT2D eigenvalue weighted by atomic mass is 16.5. The first kappa shape index (κ1) is 16.6. The van der Waals surface area contributed by atoms with E-state index < -0.39 is 0 Å². The quantitative estimate of drug-likeness (QED) is 0.659. The first-order chi connectivity index (χ1) is 9.81. The number of rotatable bonds is 4. The zero-order valence-electron chi connectivity index (χ0n) is 13.1. The smallest absolute Gasteiger partial charge is 0.270 e. The van der Waals surface area contributed by atoms with Crippen molar-refractivity contribution in [3.63, 3.8) is 0 Å². The van der Waals surface area contributed by atoms with Crippen LogP contribution < -0.4 is 15.6 Å². The Morgan fingerprint density at radius 3 is 2.52 bits per heavy atom. The number of amides is 1. The van der Waals surface area contributed by atoms with Gasteiger partial charge in [-0.25, -0.2) is 0 Å². The molecule has 21 heavy (non-hydrogen) atoms. The Hall–Kier alpha value is -2.48. The van der Waals surface area contributed by atoms with Crippen LogP contribution in [0.1, 0.15) is 36.7 Å². The number of benzene rings is 1. The van der Waals surface area contributed by atoms with Crippen LogP contribution in [0, 0.1) is 23.7 Å². The Bertz CT molecular complexity index is 593. The number of hydrogen-bond acceptors (Lipinski definition) is 4. The van der Waals surface area contributed by atoms with Crippen LogP contribution in [0.5, 0.6) is 5.75 Å². The monoisotopic (exact) mass is 287 g/mol. The van der Waals surface area contributed by atoms with Crippen LogP contribution in [0.4, 0.5) is 0 Å². The van der Waals surface area contributed by atoms with Crippen molar-refractivity contribution in [3.05, 3.63) is 41.1 Å². The number of hydrogen-bond donors (Lipinski definition) is 2. The third kappa shape index (κ3) is 4.25. The molecule has 1 aromatic carbocycles. The molecule has 0 radical (unpaired) electrons. The summed E-state index contributed by atoms with van der Waals surface area (Å²) in [4.78, 5) is 12.2. The summed E-state index contributed by atoms with van der Waals surface area (Å²) in [6.07, 6.45) is 1.39. The molecule has 1 amide bonds. The Kier molecular flexibility index (Phi) is 5.37. The third-order valence-electron chi connectivity index (χ3n) is 3.08. The lowest BCUT2D eigenvalue weighted by atomic mass is 9.92. The summed E-state index contributed by atoms with van der Waals surface area (Å²) in [6.45, 7) is 7.67. The standard InChI is InChI=1S/C16H21N3O2/c1-11-12(7-6-8-13(11)21-5)15(20)19-18-14(9-10-17)16(2,3)4/h6-9,18H,1-5H3,(H,19,20)/b14-9-. The number of allylic oxidation sites excluding steroid dienone is 2. The topological polar surface area (TPSA) is 74.2 Å². The number of hydrazine groups is 1.